The number of hydrogen-bond acceptors (Lipinski definition) is 19. The van der Waals surface area contributed by atoms with Gasteiger partial charge in [-0.2, -0.15) is 52.7 Å². The molecule has 20 nitrogen and oxygen atoms in total. The molecule has 13 rings (SSSR count). The summed E-state index contributed by atoms with van der Waals surface area (Å²) in [6.45, 7) is 10.5. The predicted molar refractivity (Wildman–Crippen MR) is 402 cm³/mol. The van der Waals surface area contributed by atoms with Crippen LogP contribution in [0.1, 0.15) is 48.9 Å². The molecule has 109 heavy (non-hydrogen) atoms. The molecule has 5 aliphatic rings. The maximum atomic E-state index is 13.6. The molecule has 0 spiro atoms. The minimum Gasteiger partial charge on any atom is -0.497 e. The number of methoxy groups -OCH3 is 1. The van der Waals surface area contributed by atoms with Gasteiger partial charge in [0.1, 0.15) is 36.3 Å². The van der Waals surface area contributed by atoms with Crippen molar-refractivity contribution in [3.05, 3.63) is 175 Å². The van der Waals surface area contributed by atoms with Crippen molar-refractivity contribution in [1.82, 2.24) is 24.7 Å². The van der Waals surface area contributed by atoms with Crippen molar-refractivity contribution in [3.8, 4) is 17.2 Å². The van der Waals surface area contributed by atoms with E-state index in [4.69, 9.17) is 24.1 Å². The van der Waals surface area contributed by atoms with Crippen LogP contribution >= 0.6 is 54.5 Å². The Balaban J connectivity index is 0.000000200. The van der Waals surface area contributed by atoms with E-state index in [-0.39, 0.29) is 40.0 Å². The largest absolute Gasteiger partial charge is 0.497 e. The predicted octanol–water partition coefficient (Wildman–Crippen LogP) is 16.8. The molecule has 3 saturated heterocycles. The highest BCUT2D eigenvalue weighted by Gasteiger charge is 2.39. The van der Waals surface area contributed by atoms with Crippen LogP contribution in [0.15, 0.2) is 157 Å². The maximum absolute atomic E-state index is 13.6. The second-order valence-electron chi connectivity index (χ2n) is 24.4. The topological polar surface area (TPSA) is 206 Å². The number of aliphatic carboxylic acids is 1. The number of halogens is 15. The summed E-state index contributed by atoms with van der Waals surface area (Å²) in [5.74, 6) is -2.08. The zero-order valence-corrected chi connectivity index (χ0v) is 64.5. The highest BCUT2D eigenvalue weighted by molar-refractivity contribution is 9.10. The summed E-state index contributed by atoms with van der Waals surface area (Å²) in [7, 11) is 0.0624. The third-order valence-corrected chi connectivity index (χ3v) is 22.8. The molecule has 0 amide bonds. The van der Waals surface area contributed by atoms with Crippen molar-refractivity contribution in [3.63, 3.8) is 0 Å². The molecule has 6 aromatic carbocycles. The van der Waals surface area contributed by atoms with Gasteiger partial charge in [-0.25, -0.2) is 40.3 Å². The number of ether oxygens (including phenoxy) is 3. The van der Waals surface area contributed by atoms with Crippen molar-refractivity contribution < 1.29 is 98.0 Å². The molecule has 0 radical (unpaired) electrons. The maximum Gasteiger partial charge on any atom is 0.490 e. The summed E-state index contributed by atoms with van der Waals surface area (Å²) in [6, 6.07) is 26.5. The van der Waals surface area contributed by atoms with Gasteiger partial charge in [-0.05, 0) is 175 Å². The third-order valence-electron chi connectivity index (χ3n) is 16.7. The average Bonchev–Trinajstić information content (AvgIpc) is 1.02. The fourth-order valence-corrected chi connectivity index (χ4v) is 15.7. The average molecular weight is 1750 g/mol. The number of piperazine rings is 2. The molecule has 7 heterocycles. The first-order valence-corrected chi connectivity index (χ1v) is 39.1. The van der Waals surface area contributed by atoms with Crippen LogP contribution in [0, 0.1) is 5.82 Å². The number of aromatic nitrogens is 2. The summed E-state index contributed by atoms with van der Waals surface area (Å²) in [5, 5.41) is 14.4. The number of carboxylic acids is 1. The van der Waals surface area contributed by atoms with Gasteiger partial charge in [0.05, 0.1) is 79.6 Å². The molecule has 596 valence electrons. The molecule has 0 aliphatic carbocycles. The Hall–Kier alpha value is -7.92. The molecule has 0 unspecified atom stereocenters. The molecule has 0 saturated carbocycles. The van der Waals surface area contributed by atoms with E-state index in [1.807, 2.05) is 40.9 Å². The number of nitrogens with one attached hydrogen (secondary N) is 2. The standard InChI is InChI=1S/C23H24F3N5O3S2.C19H19N3O4S2.C12H14BrF3N2.C7H3BrF4.C6H13N.C2HF3O2.CH4/c1-29-7-9-30(10-8-29)20-14-16(23(24,25)26)2-4-18(20)31-11-12-34-21-15-17(3-5-19(21)31)36(32,33)28-22-27-6-13-35-22;1-25-15-4-2-14(3-5-15)13-22(19-21-9-11-27-19)28(23,24)16-6-7-17-18(12-16)26-10-8-20-17;1-17-4-6-18(7-5-17)11-8-9(12(14,15)16)2-3-10(11)13;8-5-2-1-4(3-6(5)9)7(10,11)12;1-7-5-3-2-4-6-7;3-2(4,5)1(6)7;/h2-6,13-15H,7-12H2,1H3,(H,27,28);2-7,9,11-12,20H,8,10,13H2,1H3;2-3,8H,4-7H2,1H3;1-3H;2-6H2,1H3;(H,6,7);1H4. The lowest BCUT2D eigenvalue weighted by atomic mass is 10.1. The van der Waals surface area contributed by atoms with Gasteiger partial charge in [-0.15, -0.1) is 22.7 Å². The molecule has 39 heteroatoms. The monoisotopic (exact) mass is 1750 g/mol. The number of carboxylic acid groups (broad SMARTS) is 1. The van der Waals surface area contributed by atoms with E-state index in [0.717, 1.165) is 86.1 Å². The van der Waals surface area contributed by atoms with Gasteiger partial charge in [0.2, 0.25) is 0 Å². The first-order chi connectivity index (χ1) is 50.8. The van der Waals surface area contributed by atoms with E-state index in [2.05, 4.69) is 73.6 Å². The SMILES string of the molecule is C.CN1CCCCC1.CN1CCN(c2cc(C(F)(F)F)ccc2Br)CC1.CN1CCN(c2cc(C(F)(F)F)ccc2N2CCOc3cc(S(=O)(=O)Nc4nccs4)ccc32)CC1.COc1ccc(CN(c2nccs2)S(=O)(=O)c2ccc3c(c2)OCCN3)cc1.Fc1cc(C(F)(F)F)ccc1Br.O=C(O)C(F)(F)F. The Kier molecular flexibility index (Phi) is 31.4. The summed E-state index contributed by atoms with van der Waals surface area (Å²) in [4.78, 5) is 29.8. The highest BCUT2D eigenvalue weighted by atomic mass is 79.9. The van der Waals surface area contributed by atoms with Gasteiger partial charge in [-0.3, -0.25) is 4.72 Å². The second-order valence-corrected chi connectivity index (χ2v) is 31.4. The molecule has 3 N–H and O–H groups in total. The number of likely N-dealkylation sites (tertiary alicyclic amines) is 1. The van der Waals surface area contributed by atoms with Crippen LogP contribution in [0.5, 0.6) is 17.2 Å². The summed E-state index contributed by atoms with van der Waals surface area (Å²) in [6.07, 6.45) is -11.0. The van der Waals surface area contributed by atoms with Gasteiger partial charge in [0, 0.05) is 98.7 Å². The molecule has 0 atom stereocenters. The van der Waals surface area contributed by atoms with Crippen molar-refractivity contribution in [1.29, 1.82) is 0 Å². The lowest BCUT2D eigenvalue weighted by Crippen LogP contribution is -2.45. The number of nitrogens with zero attached hydrogens (tertiary/aromatic N) is 9. The Morgan fingerprint density at radius 3 is 1.61 bits per heavy atom. The summed E-state index contributed by atoms with van der Waals surface area (Å²) < 4.78 is 232. The Labute approximate surface area is 647 Å². The number of alkyl halides is 12. The van der Waals surface area contributed by atoms with Crippen molar-refractivity contribution >= 4 is 119 Å². The van der Waals surface area contributed by atoms with Crippen LogP contribution in [-0.2, 0) is 49.9 Å². The number of anilines is 7. The van der Waals surface area contributed by atoms with Gasteiger partial charge < -0.3 is 54.0 Å². The quantitative estimate of drug-likeness (QED) is 0.0973. The first kappa shape index (κ1) is 88.3. The summed E-state index contributed by atoms with van der Waals surface area (Å²) in [5.41, 5.74) is 1.66. The smallest absolute Gasteiger partial charge is 0.490 e. The van der Waals surface area contributed by atoms with E-state index in [9.17, 15) is 73.9 Å². The lowest BCUT2D eigenvalue weighted by molar-refractivity contribution is -0.192. The Bertz CT molecular complexity index is 4480. The van der Waals surface area contributed by atoms with Gasteiger partial charge in [-0.1, -0.05) is 26.0 Å². The molecule has 2 aromatic heterocycles. The van der Waals surface area contributed by atoms with Gasteiger partial charge in [0.25, 0.3) is 20.0 Å². The Morgan fingerprint density at radius 2 is 1.09 bits per heavy atom. The van der Waals surface area contributed by atoms with Crippen molar-refractivity contribution in [2.75, 3.05) is 149 Å². The minimum absolute atomic E-state index is 0. The first-order valence-electron chi connectivity index (χ1n) is 32.8. The number of rotatable bonds is 12. The highest BCUT2D eigenvalue weighted by Crippen LogP contribution is 2.45. The van der Waals surface area contributed by atoms with Crippen LogP contribution in [0.3, 0.4) is 0 Å². The van der Waals surface area contributed by atoms with Gasteiger partial charge >= 0.3 is 30.7 Å². The lowest BCUT2D eigenvalue weighted by Gasteiger charge is -2.39. The number of benzene rings is 6. The molecule has 5 aliphatic heterocycles. The summed E-state index contributed by atoms with van der Waals surface area (Å²) >= 11 is 8.51. The zero-order valence-electron chi connectivity index (χ0n) is 58.0. The number of sulfonamides is 2. The normalized spacial score (nSPS) is 15.6. The van der Waals surface area contributed by atoms with Crippen LogP contribution in [0.2, 0.25) is 0 Å². The third kappa shape index (κ3) is 25.3. The van der Waals surface area contributed by atoms with E-state index < -0.39 is 73.2 Å². The molecular formula is C70H78Br2F13N11O9S4. The number of thiazole rings is 2. The Morgan fingerprint density at radius 1 is 0.587 bits per heavy atom. The number of likely N-dealkylation sites (N-methyl/N-ethyl adjacent to an activating group) is 2. The van der Waals surface area contributed by atoms with Crippen LogP contribution in [0.4, 0.5) is 95.8 Å². The molecule has 3 fully saturated rings. The number of piperidine rings is 1. The van der Waals surface area contributed by atoms with Crippen LogP contribution in [-0.4, -0.2) is 179 Å². The van der Waals surface area contributed by atoms with Crippen LogP contribution in [0.25, 0.3) is 0 Å². The van der Waals surface area contributed by atoms with E-state index in [0.29, 0.717) is 88.5 Å². The fourth-order valence-electron chi connectivity index (χ4n) is 10.9. The van der Waals surface area contributed by atoms with E-state index in [1.165, 1.54) is 90.6 Å². The number of hydrogen-bond donors (Lipinski definition) is 3. The van der Waals surface area contributed by atoms with Gasteiger partial charge in [0.15, 0.2) is 10.3 Å². The number of fused-ring (bicyclic) bond motifs is 2. The molecule has 8 aromatic rings. The zero-order chi connectivity index (χ0) is 78.9. The minimum atomic E-state index is -5.08. The van der Waals surface area contributed by atoms with Crippen molar-refractivity contribution in [2.45, 2.75) is 67.7 Å². The number of carbonyl (C=O) groups is 1. The van der Waals surface area contributed by atoms with E-state index >= 15 is 0 Å². The van der Waals surface area contributed by atoms with E-state index in [1.54, 1.807) is 60.5 Å². The van der Waals surface area contributed by atoms with Crippen molar-refractivity contribution in [2.24, 2.45) is 0 Å². The second kappa shape index (κ2) is 38.8. The molecule has 0 bridgehead atoms. The van der Waals surface area contributed by atoms with Crippen LogP contribution < -0.4 is 43.3 Å². The fraction of sp³-hybridized carbons (Fsp3) is 0.386. The molecular weight excluding hydrogens is 1670 g/mol.